The van der Waals surface area contributed by atoms with E-state index in [9.17, 15) is 4.79 Å². The number of hydrogen-bond acceptors (Lipinski definition) is 2. The van der Waals surface area contributed by atoms with Crippen molar-refractivity contribution in [2.75, 3.05) is 19.8 Å². The predicted octanol–water partition coefficient (Wildman–Crippen LogP) is 1.19. The van der Waals surface area contributed by atoms with E-state index in [1.54, 1.807) is 0 Å². The van der Waals surface area contributed by atoms with Crippen LogP contribution in [0.5, 0.6) is 0 Å². The fourth-order valence-electron chi connectivity index (χ4n) is 1.40. The Balaban J connectivity index is 2.21. The van der Waals surface area contributed by atoms with Gasteiger partial charge in [0.25, 0.3) is 0 Å². The first-order valence-corrected chi connectivity index (χ1v) is 5.05. The average molecular weight is 185 g/mol. The molecule has 1 amide bonds. The number of nitrogens with one attached hydrogen (secondary N) is 1. The molecular formula is C10H19NO2. The van der Waals surface area contributed by atoms with Crippen LogP contribution in [0.15, 0.2) is 0 Å². The van der Waals surface area contributed by atoms with Gasteiger partial charge >= 0.3 is 0 Å². The highest BCUT2D eigenvalue weighted by Gasteiger charge is 2.21. The highest BCUT2D eigenvalue weighted by molar-refractivity contribution is 5.78. The van der Waals surface area contributed by atoms with Crippen LogP contribution in [0.2, 0.25) is 0 Å². The van der Waals surface area contributed by atoms with Crippen molar-refractivity contribution in [2.45, 2.75) is 26.7 Å². The Morgan fingerprint density at radius 3 is 2.92 bits per heavy atom. The SMILES string of the molecule is CC(C)CNC(=O)C1CCCOC1. The van der Waals surface area contributed by atoms with Gasteiger partial charge in [0.15, 0.2) is 0 Å². The summed E-state index contributed by atoms with van der Waals surface area (Å²) in [5.74, 6) is 0.773. The number of rotatable bonds is 3. The normalized spacial score (nSPS) is 23.2. The topological polar surface area (TPSA) is 38.3 Å². The van der Waals surface area contributed by atoms with Gasteiger partial charge in [0, 0.05) is 13.2 Å². The fraction of sp³-hybridized carbons (Fsp3) is 0.900. The van der Waals surface area contributed by atoms with Crippen LogP contribution < -0.4 is 5.32 Å². The van der Waals surface area contributed by atoms with Gasteiger partial charge in [-0.25, -0.2) is 0 Å². The van der Waals surface area contributed by atoms with Gasteiger partial charge in [0.2, 0.25) is 5.91 Å². The molecule has 0 aromatic heterocycles. The third-order valence-electron chi connectivity index (χ3n) is 2.22. The van der Waals surface area contributed by atoms with Crippen LogP contribution in [0.4, 0.5) is 0 Å². The third kappa shape index (κ3) is 3.77. The molecule has 3 nitrogen and oxygen atoms in total. The number of hydrogen-bond donors (Lipinski definition) is 1. The van der Waals surface area contributed by atoms with Gasteiger partial charge in [-0.15, -0.1) is 0 Å². The zero-order valence-electron chi connectivity index (χ0n) is 8.51. The van der Waals surface area contributed by atoms with Crippen molar-refractivity contribution in [3.8, 4) is 0 Å². The summed E-state index contributed by atoms with van der Waals surface area (Å²) in [6.45, 7) is 6.38. The summed E-state index contributed by atoms with van der Waals surface area (Å²) in [5.41, 5.74) is 0. The lowest BCUT2D eigenvalue weighted by Gasteiger charge is -2.21. The van der Waals surface area contributed by atoms with Crippen molar-refractivity contribution < 1.29 is 9.53 Å². The number of carbonyl (C=O) groups is 1. The summed E-state index contributed by atoms with van der Waals surface area (Å²) in [4.78, 5) is 11.5. The Morgan fingerprint density at radius 1 is 1.62 bits per heavy atom. The largest absolute Gasteiger partial charge is 0.381 e. The Bertz CT molecular complexity index is 162. The molecule has 0 spiro atoms. The maximum atomic E-state index is 11.5. The lowest BCUT2D eigenvalue weighted by atomic mass is 10.0. The van der Waals surface area contributed by atoms with Crippen molar-refractivity contribution in [2.24, 2.45) is 11.8 Å². The lowest BCUT2D eigenvalue weighted by Crippen LogP contribution is -2.37. The molecule has 1 aliphatic heterocycles. The predicted molar refractivity (Wildman–Crippen MR) is 51.4 cm³/mol. The van der Waals surface area contributed by atoms with E-state index in [0.717, 1.165) is 26.0 Å². The molecule has 1 saturated heterocycles. The molecule has 0 aliphatic carbocycles. The molecule has 1 fully saturated rings. The van der Waals surface area contributed by atoms with Crippen LogP contribution in [0.3, 0.4) is 0 Å². The Kier molecular flexibility index (Phi) is 4.22. The van der Waals surface area contributed by atoms with Crippen LogP contribution in [-0.2, 0) is 9.53 Å². The van der Waals surface area contributed by atoms with Gasteiger partial charge < -0.3 is 10.1 Å². The van der Waals surface area contributed by atoms with Gasteiger partial charge in [-0.1, -0.05) is 13.8 Å². The van der Waals surface area contributed by atoms with E-state index in [0.29, 0.717) is 12.5 Å². The summed E-state index contributed by atoms with van der Waals surface area (Å²) in [6.07, 6.45) is 1.99. The Labute approximate surface area is 79.8 Å². The molecule has 13 heavy (non-hydrogen) atoms. The molecule has 0 radical (unpaired) electrons. The summed E-state index contributed by atoms with van der Waals surface area (Å²) in [5, 5.41) is 2.93. The van der Waals surface area contributed by atoms with Gasteiger partial charge in [-0.3, -0.25) is 4.79 Å². The quantitative estimate of drug-likeness (QED) is 0.717. The van der Waals surface area contributed by atoms with E-state index in [1.165, 1.54) is 0 Å². The number of amides is 1. The molecule has 0 aromatic carbocycles. The highest BCUT2D eigenvalue weighted by Crippen LogP contribution is 2.13. The molecule has 0 aromatic rings. The molecule has 1 heterocycles. The van der Waals surface area contributed by atoms with Crippen molar-refractivity contribution in [3.05, 3.63) is 0 Å². The standard InChI is InChI=1S/C10H19NO2/c1-8(2)6-11-10(12)9-4-3-5-13-7-9/h8-9H,3-7H2,1-2H3,(H,11,12). The maximum Gasteiger partial charge on any atom is 0.225 e. The minimum absolute atomic E-state index is 0.0903. The van der Waals surface area contributed by atoms with Crippen LogP contribution in [-0.4, -0.2) is 25.7 Å². The van der Waals surface area contributed by atoms with Crippen LogP contribution in [0, 0.1) is 11.8 Å². The molecule has 76 valence electrons. The summed E-state index contributed by atoms with van der Waals surface area (Å²) >= 11 is 0. The van der Waals surface area contributed by atoms with Crippen molar-refractivity contribution >= 4 is 5.91 Å². The second-order valence-electron chi connectivity index (χ2n) is 4.05. The minimum atomic E-state index is 0.0903. The highest BCUT2D eigenvalue weighted by atomic mass is 16.5. The molecular weight excluding hydrogens is 166 g/mol. The Hall–Kier alpha value is -0.570. The molecule has 0 bridgehead atoms. The smallest absolute Gasteiger partial charge is 0.225 e. The van der Waals surface area contributed by atoms with E-state index < -0.39 is 0 Å². The first kappa shape index (κ1) is 10.5. The first-order valence-electron chi connectivity index (χ1n) is 5.05. The summed E-state index contributed by atoms with van der Waals surface area (Å²) in [7, 11) is 0. The zero-order valence-corrected chi connectivity index (χ0v) is 8.51. The van der Waals surface area contributed by atoms with Crippen LogP contribution in [0.1, 0.15) is 26.7 Å². The lowest BCUT2D eigenvalue weighted by molar-refractivity contribution is -0.129. The monoisotopic (exact) mass is 185 g/mol. The molecule has 3 heteroatoms. The van der Waals surface area contributed by atoms with Crippen molar-refractivity contribution in [1.29, 1.82) is 0 Å². The molecule has 1 atom stereocenters. The molecule has 1 aliphatic rings. The maximum absolute atomic E-state index is 11.5. The van der Waals surface area contributed by atoms with Gasteiger partial charge in [-0.05, 0) is 18.8 Å². The van der Waals surface area contributed by atoms with Gasteiger partial charge in [-0.2, -0.15) is 0 Å². The molecule has 1 N–H and O–H groups in total. The zero-order chi connectivity index (χ0) is 9.68. The van der Waals surface area contributed by atoms with Crippen LogP contribution >= 0.6 is 0 Å². The minimum Gasteiger partial charge on any atom is -0.381 e. The average Bonchev–Trinajstić information content (AvgIpc) is 2.15. The van der Waals surface area contributed by atoms with E-state index in [-0.39, 0.29) is 11.8 Å². The summed E-state index contributed by atoms with van der Waals surface area (Å²) in [6, 6.07) is 0. The van der Waals surface area contributed by atoms with Gasteiger partial charge in [0.05, 0.1) is 12.5 Å². The molecule has 1 unspecified atom stereocenters. The Morgan fingerprint density at radius 2 is 2.38 bits per heavy atom. The first-order chi connectivity index (χ1) is 6.20. The van der Waals surface area contributed by atoms with E-state index in [4.69, 9.17) is 4.74 Å². The number of ether oxygens (including phenoxy) is 1. The van der Waals surface area contributed by atoms with Crippen molar-refractivity contribution in [3.63, 3.8) is 0 Å². The molecule has 1 rings (SSSR count). The second-order valence-corrected chi connectivity index (χ2v) is 4.05. The van der Waals surface area contributed by atoms with Gasteiger partial charge in [0.1, 0.15) is 0 Å². The summed E-state index contributed by atoms with van der Waals surface area (Å²) < 4.78 is 5.25. The second kappa shape index (κ2) is 5.22. The van der Waals surface area contributed by atoms with Crippen molar-refractivity contribution in [1.82, 2.24) is 5.32 Å². The molecule has 0 saturated carbocycles. The van der Waals surface area contributed by atoms with E-state index in [1.807, 2.05) is 0 Å². The van der Waals surface area contributed by atoms with Crippen LogP contribution in [0.25, 0.3) is 0 Å². The third-order valence-corrected chi connectivity index (χ3v) is 2.22. The fourth-order valence-corrected chi connectivity index (χ4v) is 1.40. The van der Waals surface area contributed by atoms with E-state index >= 15 is 0 Å². The van der Waals surface area contributed by atoms with E-state index in [2.05, 4.69) is 19.2 Å². The number of carbonyl (C=O) groups excluding carboxylic acids is 1.